The number of nitrogens with zero attached hydrogens (tertiary/aromatic N) is 1. The Balaban J connectivity index is 2.44. The van der Waals surface area contributed by atoms with Crippen molar-refractivity contribution in [3.05, 3.63) is 30.1 Å². The minimum absolute atomic E-state index is 0.0374. The van der Waals surface area contributed by atoms with Crippen LogP contribution in [0.5, 0.6) is 0 Å². The number of benzene rings is 1. The molecule has 0 saturated carbocycles. The summed E-state index contributed by atoms with van der Waals surface area (Å²) in [6.45, 7) is 4.80. The Morgan fingerprint density at radius 1 is 1.23 bits per heavy atom. The van der Waals surface area contributed by atoms with Gasteiger partial charge in [0, 0.05) is 30.2 Å². The van der Waals surface area contributed by atoms with Crippen LogP contribution in [0.4, 0.5) is 4.39 Å². The normalized spacial score (nSPS) is 10.7. The third-order valence-electron chi connectivity index (χ3n) is 2.93. The van der Waals surface area contributed by atoms with E-state index in [1.165, 1.54) is 23.9 Å². The quantitative estimate of drug-likeness (QED) is 0.707. The molecule has 22 heavy (non-hydrogen) atoms. The van der Waals surface area contributed by atoms with Crippen LogP contribution in [0.1, 0.15) is 26.7 Å². The van der Waals surface area contributed by atoms with Crippen molar-refractivity contribution >= 4 is 23.6 Å². The highest BCUT2D eigenvalue weighted by Crippen LogP contribution is 2.19. The summed E-state index contributed by atoms with van der Waals surface area (Å²) in [6, 6.07) is 6.14. The Hall–Kier alpha value is -1.56. The van der Waals surface area contributed by atoms with E-state index in [2.05, 4.69) is 0 Å². The van der Waals surface area contributed by atoms with Gasteiger partial charge in [-0.05, 0) is 30.2 Å². The molecule has 0 spiro atoms. The number of hydrogen-bond donors (Lipinski definition) is 1. The molecule has 0 bridgehead atoms. The number of carbonyl (C=O) groups excluding carboxylic acids is 1. The van der Waals surface area contributed by atoms with Crippen molar-refractivity contribution in [2.24, 2.45) is 5.92 Å². The molecular weight excluding hydrogens is 305 g/mol. The molecule has 1 amide bonds. The van der Waals surface area contributed by atoms with E-state index in [-0.39, 0.29) is 24.7 Å². The average molecular weight is 327 g/mol. The maximum atomic E-state index is 12.8. The van der Waals surface area contributed by atoms with Crippen LogP contribution >= 0.6 is 11.8 Å². The van der Waals surface area contributed by atoms with Crippen molar-refractivity contribution in [3.8, 4) is 0 Å². The first kappa shape index (κ1) is 18.5. The maximum absolute atomic E-state index is 12.8. The molecule has 0 fully saturated rings. The highest BCUT2D eigenvalue weighted by molar-refractivity contribution is 7.99. The van der Waals surface area contributed by atoms with Gasteiger partial charge in [0.1, 0.15) is 5.82 Å². The van der Waals surface area contributed by atoms with Gasteiger partial charge in [-0.25, -0.2) is 4.39 Å². The van der Waals surface area contributed by atoms with Gasteiger partial charge in [-0.1, -0.05) is 13.8 Å². The molecule has 0 aromatic heterocycles. The predicted octanol–water partition coefficient (Wildman–Crippen LogP) is 3.27. The number of aliphatic carboxylic acids is 1. The number of thioether (sulfide) groups is 1. The van der Waals surface area contributed by atoms with Crippen LogP contribution in [0.2, 0.25) is 0 Å². The lowest BCUT2D eigenvalue weighted by Crippen LogP contribution is -2.36. The van der Waals surface area contributed by atoms with E-state index < -0.39 is 5.97 Å². The summed E-state index contributed by atoms with van der Waals surface area (Å²) >= 11 is 1.49. The zero-order valence-electron chi connectivity index (χ0n) is 12.9. The molecule has 1 N–H and O–H groups in total. The number of halogens is 1. The van der Waals surface area contributed by atoms with Gasteiger partial charge in [-0.15, -0.1) is 11.8 Å². The molecule has 0 heterocycles. The molecule has 1 aromatic rings. The minimum Gasteiger partial charge on any atom is -0.481 e. The standard InChI is InChI=1S/C16H22FNO3S/c1-12(2)11-18(9-7-16(20)21)15(19)8-10-22-14-5-3-13(17)4-6-14/h3-6,12H,7-11H2,1-2H3,(H,20,21). The molecule has 0 aliphatic carbocycles. The lowest BCUT2D eigenvalue weighted by Gasteiger charge is -2.24. The predicted molar refractivity (Wildman–Crippen MR) is 85.4 cm³/mol. The molecule has 0 aliphatic heterocycles. The topological polar surface area (TPSA) is 57.6 Å². The lowest BCUT2D eigenvalue weighted by molar-refractivity contribution is -0.138. The van der Waals surface area contributed by atoms with Gasteiger partial charge in [-0.2, -0.15) is 0 Å². The van der Waals surface area contributed by atoms with Gasteiger partial charge in [0.05, 0.1) is 6.42 Å². The van der Waals surface area contributed by atoms with Gasteiger partial charge < -0.3 is 10.0 Å². The first-order valence-electron chi connectivity index (χ1n) is 7.26. The Morgan fingerprint density at radius 2 is 1.86 bits per heavy atom. The summed E-state index contributed by atoms with van der Waals surface area (Å²) in [6.07, 6.45) is 0.304. The first-order valence-corrected chi connectivity index (χ1v) is 8.25. The summed E-state index contributed by atoms with van der Waals surface area (Å²) in [5.74, 6) is -0.335. The fraction of sp³-hybridized carbons (Fsp3) is 0.500. The van der Waals surface area contributed by atoms with E-state index in [4.69, 9.17) is 5.11 Å². The Kier molecular flexibility index (Phi) is 7.95. The Morgan fingerprint density at radius 3 is 2.41 bits per heavy atom. The van der Waals surface area contributed by atoms with Crippen molar-refractivity contribution in [2.45, 2.75) is 31.6 Å². The third kappa shape index (κ3) is 7.45. The second kappa shape index (κ2) is 9.46. The van der Waals surface area contributed by atoms with Gasteiger partial charge >= 0.3 is 5.97 Å². The van der Waals surface area contributed by atoms with E-state index in [1.54, 1.807) is 17.0 Å². The fourth-order valence-electron chi connectivity index (χ4n) is 1.93. The monoisotopic (exact) mass is 327 g/mol. The van der Waals surface area contributed by atoms with Crippen LogP contribution in [0.15, 0.2) is 29.2 Å². The van der Waals surface area contributed by atoms with Crippen molar-refractivity contribution in [1.29, 1.82) is 0 Å². The summed E-state index contributed by atoms with van der Waals surface area (Å²) in [4.78, 5) is 25.4. The summed E-state index contributed by atoms with van der Waals surface area (Å²) in [5.41, 5.74) is 0. The molecule has 4 nitrogen and oxygen atoms in total. The molecule has 0 unspecified atom stereocenters. The van der Waals surface area contributed by atoms with E-state index in [1.807, 2.05) is 13.8 Å². The summed E-state index contributed by atoms with van der Waals surface area (Å²) in [5, 5.41) is 8.75. The van der Waals surface area contributed by atoms with Gasteiger partial charge in [-0.3, -0.25) is 9.59 Å². The number of rotatable bonds is 9. The smallest absolute Gasteiger partial charge is 0.305 e. The van der Waals surface area contributed by atoms with Crippen molar-refractivity contribution in [2.75, 3.05) is 18.8 Å². The molecule has 0 saturated heterocycles. The van der Waals surface area contributed by atoms with Crippen LogP contribution in [0, 0.1) is 11.7 Å². The van der Waals surface area contributed by atoms with Crippen LogP contribution in [0.3, 0.4) is 0 Å². The molecule has 1 rings (SSSR count). The molecule has 122 valence electrons. The van der Waals surface area contributed by atoms with Crippen LogP contribution in [-0.2, 0) is 9.59 Å². The fourth-order valence-corrected chi connectivity index (χ4v) is 2.78. The van der Waals surface area contributed by atoms with Crippen molar-refractivity contribution in [1.82, 2.24) is 4.90 Å². The summed E-state index contributed by atoms with van der Waals surface area (Å²) in [7, 11) is 0. The molecule has 0 radical (unpaired) electrons. The van der Waals surface area contributed by atoms with E-state index in [9.17, 15) is 14.0 Å². The van der Waals surface area contributed by atoms with Crippen molar-refractivity contribution in [3.63, 3.8) is 0 Å². The third-order valence-corrected chi connectivity index (χ3v) is 3.95. The van der Waals surface area contributed by atoms with Gasteiger partial charge in [0.25, 0.3) is 0 Å². The largest absolute Gasteiger partial charge is 0.481 e. The number of carboxylic acids is 1. The number of hydrogen-bond acceptors (Lipinski definition) is 3. The number of amides is 1. The van der Waals surface area contributed by atoms with E-state index >= 15 is 0 Å². The molecule has 0 aliphatic rings. The van der Waals surface area contributed by atoms with E-state index in [0.717, 1.165) is 4.90 Å². The molecule has 1 aromatic carbocycles. The van der Waals surface area contributed by atoms with Crippen LogP contribution in [0.25, 0.3) is 0 Å². The minimum atomic E-state index is -0.901. The van der Waals surface area contributed by atoms with E-state index in [0.29, 0.717) is 24.6 Å². The molecule has 6 heteroatoms. The summed E-state index contributed by atoms with van der Waals surface area (Å²) < 4.78 is 12.8. The zero-order valence-corrected chi connectivity index (χ0v) is 13.7. The second-order valence-electron chi connectivity index (χ2n) is 5.43. The van der Waals surface area contributed by atoms with Crippen LogP contribution < -0.4 is 0 Å². The highest BCUT2D eigenvalue weighted by Gasteiger charge is 2.15. The second-order valence-corrected chi connectivity index (χ2v) is 6.60. The SMILES string of the molecule is CC(C)CN(CCC(=O)O)C(=O)CCSc1ccc(F)cc1. The first-order chi connectivity index (χ1) is 10.4. The van der Waals surface area contributed by atoms with Crippen LogP contribution in [-0.4, -0.2) is 40.7 Å². The van der Waals surface area contributed by atoms with Crippen molar-refractivity contribution < 1.29 is 19.1 Å². The van der Waals surface area contributed by atoms with Gasteiger partial charge in [0.2, 0.25) is 5.91 Å². The molecular formula is C16H22FNO3S. The maximum Gasteiger partial charge on any atom is 0.305 e. The van der Waals surface area contributed by atoms with Gasteiger partial charge in [0.15, 0.2) is 0 Å². The number of carbonyl (C=O) groups is 2. The highest BCUT2D eigenvalue weighted by atomic mass is 32.2. The Bertz CT molecular complexity index is 491. The zero-order chi connectivity index (χ0) is 16.5. The Labute approximate surface area is 134 Å². The average Bonchev–Trinajstić information content (AvgIpc) is 2.45. The lowest BCUT2D eigenvalue weighted by atomic mass is 10.2. The number of carboxylic acid groups (broad SMARTS) is 1. The molecule has 0 atom stereocenters.